The fourth-order valence-corrected chi connectivity index (χ4v) is 4.48. The van der Waals surface area contributed by atoms with Crippen molar-refractivity contribution in [3.8, 4) is 0 Å². The number of nitrogens with zero attached hydrogens (tertiary/aromatic N) is 3. The largest absolute Gasteiger partial charge is 0.378 e. The lowest BCUT2D eigenvalue weighted by Gasteiger charge is -2.31. The van der Waals surface area contributed by atoms with Crippen LogP contribution in [-0.4, -0.2) is 42.1 Å². The molecule has 0 spiro atoms. The van der Waals surface area contributed by atoms with E-state index in [0.717, 1.165) is 29.9 Å². The third kappa shape index (κ3) is 4.83. The van der Waals surface area contributed by atoms with E-state index in [2.05, 4.69) is 28.9 Å². The summed E-state index contributed by atoms with van der Waals surface area (Å²) >= 11 is 1.74. The lowest BCUT2D eigenvalue weighted by Crippen LogP contribution is -2.38. The van der Waals surface area contributed by atoms with Crippen LogP contribution in [0.2, 0.25) is 0 Å². The van der Waals surface area contributed by atoms with E-state index in [1.807, 2.05) is 41.3 Å². The standard InChI is InChI=1S/C23H25N3O2S/c1-18-6-7-20(29-18)17-26(16-19-8-10-24-11-9-19)23(27)21-4-2-3-5-22(21)25-12-14-28-15-13-25/h2-11H,12-17H2,1H3. The number of carbonyl (C=O) groups excluding carboxylic acids is 1. The number of aryl methyl sites for hydroxylation is 1. The van der Waals surface area contributed by atoms with Crippen molar-refractivity contribution >= 4 is 22.9 Å². The van der Waals surface area contributed by atoms with E-state index in [9.17, 15) is 4.79 Å². The quantitative estimate of drug-likeness (QED) is 0.616. The van der Waals surface area contributed by atoms with Crippen LogP contribution in [0.4, 0.5) is 5.69 Å². The Morgan fingerprint density at radius 2 is 1.83 bits per heavy atom. The predicted octanol–water partition coefficient (Wildman–Crippen LogP) is 4.13. The van der Waals surface area contributed by atoms with Crippen LogP contribution in [0.5, 0.6) is 0 Å². The lowest BCUT2D eigenvalue weighted by molar-refractivity contribution is 0.0731. The maximum Gasteiger partial charge on any atom is 0.256 e. The van der Waals surface area contributed by atoms with Crippen molar-refractivity contribution in [2.45, 2.75) is 20.0 Å². The molecule has 3 aromatic rings. The summed E-state index contributed by atoms with van der Waals surface area (Å²) in [6.07, 6.45) is 3.55. The number of ether oxygens (including phenoxy) is 1. The Hall–Kier alpha value is -2.70. The second-order valence-corrected chi connectivity index (χ2v) is 8.52. The first-order chi connectivity index (χ1) is 14.2. The van der Waals surface area contributed by atoms with Gasteiger partial charge < -0.3 is 14.5 Å². The van der Waals surface area contributed by atoms with Crippen LogP contribution in [0.3, 0.4) is 0 Å². The first-order valence-corrected chi connectivity index (χ1v) is 10.7. The first kappa shape index (κ1) is 19.6. The Bertz CT molecular complexity index is 952. The average Bonchev–Trinajstić information content (AvgIpc) is 3.19. The minimum Gasteiger partial charge on any atom is -0.378 e. The molecular formula is C23H25N3O2S. The Morgan fingerprint density at radius 3 is 2.55 bits per heavy atom. The van der Waals surface area contributed by atoms with Gasteiger partial charge in [-0.1, -0.05) is 12.1 Å². The molecule has 4 rings (SSSR count). The van der Waals surface area contributed by atoms with Crippen molar-refractivity contribution in [3.05, 3.63) is 81.8 Å². The molecule has 0 saturated carbocycles. The van der Waals surface area contributed by atoms with Crippen LogP contribution < -0.4 is 4.90 Å². The van der Waals surface area contributed by atoms with Crippen LogP contribution in [0.15, 0.2) is 60.9 Å². The number of thiophene rings is 1. The molecule has 0 radical (unpaired) electrons. The van der Waals surface area contributed by atoms with Gasteiger partial charge in [-0.05, 0) is 48.9 Å². The number of amides is 1. The SMILES string of the molecule is Cc1ccc(CN(Cc2ccncc2)C(=O)c2ccccc2N2CCOCC2)s1. The first-order valence-electron chi connectivity index (χ1n) is 9.86. The third-order valence-electron chi connectivity index (χ3n) is 5.04. The third-order valence-corrected chi connectivity index (χ3v) is 6.02. The Kier molecular flexibility index (Phi) is 6.22. The van der Waals surface area contributed by atoms with Gasteiger partial charge in [-0.15, -0.1) is 11.3 Å². The molecule has 0 bridgehead atoms. The maximum absolute atomic E-state index is 13.7. The summed E-state index contributed by atoms with van der Waals surface area (Å²) in [5, 5.41) is 0. The highest BCUT2D eigenvalue weighted by atomic mass is 32.1. The molecule has 1 amide bonds. The Morgan fingerprint density at radius 1 is 1.07 bits per heavy atom. The van der Waals surface area contributed by atoms with E-state index in [1.54, 1.807) is 23.7 Å². The summed E-state index contributed by atoms with van der Waals surface area (Å²) in [4.78, 5) is 24.4. The molecule has 5 nitrogen and oxygen atoms in total. The molecule has 6 heteroatoms. The van der Waals surface area contributed by atoms with Gasteiger partial charge in [0.05, 0.1) is 25.3 Å². The fourth-order valence-electron chi connectivity index (χ4n) is 3.57. The number of para-hydroxylation sites is 1. The zero-order valence-electron chi connectivity index (χ0n) is 16.6. The van der Waals surface area contributed by atoms with Gasteiger partial charge in [-0.3, -0.25) is 9.78 Å². The van der Waals surface area contributed by atoms with Crippen molar-refractivity contribution in [1.82, 2.24) is 9.88 Å². The second kappa shape index (κ2) is 9.20. The number of hydrogen-bond acceptors (Lipinski definition) is 5. The molecule has 0 atom stereocenters. The molecule has 29 heavy (non-hydrogen) atoms. The number of morpholine rings is 1. The van der Waals surface area contributed by atoms with Gasteiger partial charge in [0.25, 0.3) is 5.91 Å². The maximum atomic E-state index is 13.7. The number of anilines is 1. The van der Waals surface area contributed by atoms with Crippen LogP contribution in [-0.2, 0) is 17.8 Å². The Balaban J connectivity index is 1.64. The highest BCUT2D eigenvalue weighted by molar-refractivity contribution is 7.11. The molecule has 0 N–H and O–H groups in total. The zero-order chi connectivity index (χ0) is 20.1. The average molecular weight is 408 g/mol. The van der Waals surface area contributed by atoms with Gasteiger partial charge in [0.1, 0.15) is 0 Å². The fraction of sp³-hybridized carbons (Fsp3) is 0.304. The highest BCUT2D eigenvalue weighted by Gasteiger charge is 2.23. The smallest absolute Gasteiger partial charge is 0.256 e. The van der Waals surface area contributed by atoms with Crippen LogP contribution in [0.25, 0.3) is 0 Å². The minimum atomic E-state index is 0.0509. The summed E-state index contributed by atoms with van der Waals surface area (Å²) in [6.45, 7) is 6.23. The Labute approximate surface area is 175 Å². The van der Waals surface area contributed by atoms with E-state index in [1.165, 1.54) is 9.75 Å². The van der Waals surface area contributed by atoms with Crippen LogP contribution in [0, 0.1) is 6.92 Å². The molecule has 150 valence electrons. The predicted molar refractivity (Wildman–Crippen MR) is 116 cm³/mol. The second-order valence-electron chi connectivity index (χ2n) is 7.15. The normalized spacial score (nSPS) is 14.0. The van der Waals surface area contributed by atoms with Crippen molar-refractivity contribution in [2.75, 3.05) is 31.2 Å². The van der Waals surface area contributed by atoms with Gasteiger partial charge in [0.15, 0.2) is 0 Å². The lowest BCUT2D eigenvalue weighted by atomic mass is 10.1. The van der Waals surface area contributed by atoms with Crippen molar-refractivity contribution in [1.29, 1.82) is 0 Å². The summed E-state index contributed by atoms with van der Waals surface area (Å²) < 4.78 is 5.49. The molecule has 3 heterocycles. The number of hydrogen-bond donors (Lipinski definition) is 0. The molecule has 1 fully saturated rings. The van der Waals surface area contributed by atoms with Gasteiger partial charge >= 0.3 is 0 Å². The van der Waals surface area contributed by atoms with Crippen molar-refractivity contribution in [2.24, 2.45) is 0 Å². The van der Waals surface area contributed by atoms with Crippen molar-refractivity contribution < 1.29 is 9.53 Å². The molecule has 1 aliphatic heterocycles. The van der Waals surface area contributed by atoms with E-state index in [4.69, 9.17) is 4.74 Å². The molecule has 1 saturated heterocycles. The van der Waals surface area contributed by atoms with Gasteiger partial charge in [0.2, 0.25) is 0 Å². The topological polar surface area (TPSA) is 45.7 Å². The number of aromatic nitrogens is 1. The molecule has 0 unspecified atom stereocenters. The summed E-state index contributed by atoms with van der Waals surface area (Å²) in [5.74, 6) is 0.0509. The number of pyridine rings is 1. The van der Waals surface area contributed by atoms with E-state index in [0.29, 0.717) is 26.3 Å². The number of carbonyl (C=O) groups is 1. The molecule has 1 aromatic carbocycles. The number of rotatable bonds is 6. The highest BCUT2D eigenvalue weighted by Crippen LogP contribution is 2.26. The van der Waals surface area contributed by atoms with E-state index in [-0.39, 0.29) is 5.91 Å². The van der Waals surface area contributed by atoms with Gasteiger partial charge in [0, 0.05) is 47.5 Å². The van der Waals surface area contributed by atoms with Crippen LogP contribution in [0.1, 0.15) is 25.7 Å². The van der Waals surface area contributed by atoms with Gasteiger partial charge in [-0.2, -0.15) is 0 Å². The molecule has 0 aliphatic carbocycles. The number of benzene rings is 1. The summed E-state index contributed by atoms with van der Waals surface area (Å²) in [7, 11) is 0. The molecular weight excluding hydrogens is 382 g/mol. The van der Waals surface area contributed by atoms with E-state index < -0.39 is 0 Å². The summed E-state index contributed by atoms with van der Waals surface area (Å²) in [5.41, 5.74) is 2.81. The summed E-state index contributed by atoms with van der Waals surface area (Å²) in [6, 6.07) is 16.1. The van der Waals surface area contributed by atoms with E-state index >= 15 is 0 Å². The molecule has 1 aliphatic rings. The zero-order valence-corrected chi connectivity index (χ0v) is 17.4. The van der Waals surface area contributed by atoms with Crippen molar-refractivity contribution in [3.63, 3.8) is 0 Å². The van der Waals surface area contributed by atoms with Crippen LogP contribution >= 0.6 is 11.3 Å². The van der Waals surface area contributed by atoms with Gasteiger partial charge in [-0.25, -0.2) is 0 Å². The monoisotopic (exact) mass is 407 g/mol. The molecule has 2 aromatic heterocycles. The minimum absolute atomic E-state index is 0.0509.